The summed E-state index contributed by atoms with van der Waals surface area (Å²) in [6.45, 7) is 9.52. The molecule has 0 bridgehead atoms. The van der Waals surface area contributed by atoms with E-state index >= 15 is 0 Å². The van der Waals surface area contributed by atoms with Crippen molar-refractivity contribution < 1.29 is 18.3 Å². The molecule has 28 heavy (non-hydrogen) atoms. The fourth-order valence-corrected chi connectivity index (χ4v) is 5.29. The summed E-state index contributed by atoms with van der Waals surface area (Å²) in [5.41, 5.74) is 1.26. The van der Waals surface area contributed by atoms with Gasteiger partial charge in [0.05, 0.1) is 0 Å². The highest BCUT2D eigenvalue weighted by atomic mass is 35.5. The molecule has 0 atom stereocenters. The lowest BCUT2D eigenvalue weighted by Gasteiger charge is -2.28. The smallest absolute Gasteiger partial charge is 0.274 e. The molecule has 2 aromatic rings. The molecule has 1 aromatic heterocycles. The van der Waals surface area contributed by atoms with Crippen molar-refractivity contribution in [1.82, 2.24) is 4.31 Å². The Morgan fingerprint density at radius 3 is 2.43 bits per heavy atom. The topological polar surface area (TPSA) is 59.2 Å². The van der Waals surface area contributed by atoms with Crippen molar-refractivity contribution in [2.45, 2.75) is 25.3 Å². The van der Waals surface area contributed by atoms with Crippen molar-refractivity contribution in [3.8, 4) is 0 Å². The van der Waals surface area contributed by atoms with Crippen LogP contribution in [0.2, 0.25) is 5.02 Å². The maximum absolute atomic E-state index is 12.6. The van der Waals surface area contributed by atoms with E-state index in [-0.39, 0.29) is 0 Å². The van der Waals surface area contributed by atoms with E-state index in [0.29, 0.717) is 18.0 Å². The lowest BCUT2D eigenvalue weighted by molar-refractivity contribution is -0.914. The number of piperazine rings is 1. The van der Waals surface area contributed by atoms with Crippen LogP contribution in [-0.2, 0) is 16.6 Å². The molecule has 0 radical (unpaired) electrons. The number of hydrogen-bond donors (Lipinski definition) is 1. The first kappa shape index (κ1) is 21.0. The molecule has 1 saturated heterocycles. The molecule has 2 heterocycles. The summed E-state index contributed by atoms with van der Waals surface area (Å²) in [6, 6.07) is 11.6. The van der Waals surface area contributed by atoms with E-state index in [1.165, 1.54) is 14.8 Å². The molecule has 0 saturated carbocycles. The predicted molar refractivity (Wildman–Crippen MR) is 111 cm³/mol. The van der Waals surface area contributed by atoms with Gasteiger partial charge in [0.15, 0.2) is 0 Å². The van der Waals surface area contributed by atoms with E-state index in [4.69, 9.17) is 11.6 Å². The highest BCUT2D eigenvalue weighted by Crippen LogP contribution is 2.16. The van der Waals surface area contributed by atoms with Crippen LogP contribution in [0.1, 0.15) is 19.4 Å². The number of sulfonamides is 1. The number of H-pyrrole nitrogens is 1. The normalized spacial score (nSPS) is 15.9. The SMILES string of the molecule is CCN(CC)S(=O)(=O)c1ccc(N2CC[NH+](Cc3cccc(Cl)c3)CC2)[nH+]c1. The molecular weight excluding hydrogens is 396 g/mol. The lowest BCUT2D eigenvalue weighted by Crippen LogP contribution is -3.13. The molecule has 6 nitrogen and oxygen atoms in total. The fraction of sp³-hybridized carbons (Fsp3) is 0.450. The first-order chi connectivity index (χ1) is 13.4. The van der Waals surface area contributed by atoms with Gasteiger partial charge in [-0.1, -0.05) is 37.6 Å². The van der Waals surface area contributed by atoms with Crippen LogP contribution in [0.25, 0.3) is 0 Å². The number of aromatic nitrogens is 1. The molecule has 1 aliphatic rings. The average Bonchev–Trinajstić information content (AvgIpc) is 2.69. The van der Waals surface area contributed by atoms with Crippen LogP contribution in [0.5, 0.6) is 0 Å². The van der Waals surface area contributed by atoms with Crippen molar-refractivity contribution in [1.29, 1.82) is 0 Å². The summed E-state index contributed by atoms with van der Waals surface area (Å²) in [7, 11) is -3.43. The quantitative estimate of drug-likeness (QED) is 0.723. The van der Waals surface area contributed by atoms with Crippen LogP contribution < -0.4 is 14.8 Å². The van der Waals surface area contributed by atoms with E-state index in [9.17, 15) is 8.42 Å². The Hall–Kier alpha value is -1.67. The second-order valence-corrected chi connectivity index (χ2v) is 9.42. The van der Waals surface area contributed by atoms with Crippen LogP contribution >= 0.6 is 11.6 Å². The number of aromatic amines is 1. The number of quaternary nitrogens is 1. The van der Waals surface area contributed by atoms with Gasteiger partial charge in [-0.3, -0.25) is 4.90 Å². The van der Waals surface area contributed by atoms with Gasteiger partial charge >= 0.3 is 0 Å². The molecule has 1 fully saturated rings. The Morgan fingerprint density at radius 1 is 1.14 bits per heavy atom. The van der Waals surface area contributed by atoms with Crippen LogP contribution in [0.15, 0.2) is 47.5 Å². The zero-order valence-electron chi connectivity index (χ0n) is 16.5. The summed E-state index contributed by atoms with van der Waals surface area (Å²) in [5.74, 6) is 0.959. The Bertz CT molecular complexity index is 877. The number of pyridine rings is 1. The van der Waals surface area contributed by atoms with Gasteiger partial charge in [0.25, 0.3) is 5.82 Å². The summed E-state index contributed by atoms with van der Waals surface area (Å²) >= 11 is 6.08. The molecule has 8 heteroatoms. The maximum atomic E-state index is 12.6. The summed E-state index contributed by atoms with van der Waals surface area (Å²) in [6.07, 6.45) is 1.61. The zero-order valence-corrected chi connectivity index (χ0v) is 18.1. The molecule has 152 valence electrons. The molecule has 0 unspecified atom stereocenters. The van der Waals surface area contributed by atoms with Gasteiger partial charge in [0.2, 0.25) is 10.0 Å². The van der Waals surface area contributed by atoms with Crippen molar-refractivity contribution in [2.24, 2.45) is 0 Å². The molecule has 0 amide bonds. The van der Waals surface area contributed by atoms with Crippen molar-refractivity contribution in [2.75, 3.05) is 44.2 Å². The van der Waals surface area contributed by atoms with E-state index in [1.54, 1.807) is 12.3 Å². The van der Waals surface area contributed by atoms with Crippen molar-refractivity contribution in [3.05, 3.63) is 53.2 Å². The first-order valence-electron chi connectivity index (χ1n) is 9.79. The number of rotatable bonds is 7. The number of nitrogens with one attached hydrogen (secondary N) is 2. The monoisotopic (exact) mass is 424 g/mol. The molecule has 1 aliphatic heterocycles. The van der Waals surface area contributed by atoms with Crippen LogP contribution in [0, 0.1) is 0 Å². The lowest BCUT2D eigenvalue weighted by atomic mass is 10.2. The number of hydrogen-bond acceptors (Lipinski definition) is 3. The highest BCUT2D eigenvalue weighted by Gasteiger charge is 2.28. The minimum absolute atomic E-state index is 0.310. The Kier molecular flexibility index (Phi) is 6.93. The van der Waals surface area contributed by atoms with Gasteiger partial charge in [-0.2, -0.15) is 4.31 Å². The van der Waals surface area contributed by atoms with Crippen LogP contribution in [-0.4, -0.2) is 52.0 Å². The van der Waals surface area contributed by atoms with Gasteiger partial charge in [0, 0.05) is 29.7 Å². The first-order valence-corrected chi connectivity index (χ1v) is 11.6. The van der Waals surface area contributed by atoms with E-state index in [2.05, 4.69) is 16.0 Å². The molecule has 0 spiro atoms. The van der Waals surface area contributed by atoms with Gasteiger partial charge in [-0.15, -0.1) is 0 Å². The summed E-state index contributed by atoms with van der Waals surface area (Å²) < 4.78 is 26.7. The van der Waals surface area contributed by atoms with Crippen molar-refractivity contribution >= 4 is 27.4 Å². The van der Waals surface area contributed by atoms with Crippen LogP contribution in [0.3, 0.4) is 0 Å². The minimum Gasteiger partial charge on any atom is -0.325 e. The molecular formula is C20H29ClN4O2S+2. The van der Waals surface area contributed by atoms with Gasteiger partial charge in [-0.05, 0) is 18.2 Å². The molecule has 2 N–H and O–H groups in total. The summed E-state index contributed by atoms with van der Waals surface area (Å²) in [4.78, 5) is 7.29. The summed E-state index contributed by atoms with van der Waals surface area (Å²) in [5, 5.41) is 0.782. The molecule has 0 aliphatic carbocycles. The largest absolute Gasteiger partial charge is 0.325 e. The van der Waals surface area contributed by atoms with Gasteiger partial charge in [-0.25, -0.2) is 13.4 Å². The zero-order chi connectivity index (χ0) is 20.1. The number of halogens is 1. The van der Waals surface area contributed by atoms with Crippen molar-refractivity contribution in [3.63, 3.8) is 0 Å². The standard InChI is InChI=1S/C20H27ClN4O2S/c1-3-25(4-2)28(26,27)19-8-9-20(22-15-19)24-12-10-23(11-13-24)16-17-6-5-7-18(21)14-17/h5-9,14-15H,3-4,10-13,16H2,1-2H3/p+2. The number of nitrogens with zero attached hydrogens (tertiary/aromatic N) is 2. The maximum Gasteiger partial charge on any atom is 0.274 e. The third-order valence-electron chi connectivity index (χ3n) is 5.27. The predicted octanol–water partition coefficient (Wildman–Crippen LogP) is 1.09. The molecule has 3 rings (SSSR count). The highest BCUT2D eigenvalue weighted by molar-refractivity contribution is 7.89. The van der Waals surface area contributed by atoms with E-state index < -0.39 is 10.0 Å². The minimum atomic E-state index is -3.43. The fourth-order valence-electron chi connectivity index (χ4n) is 3.65. The number of anilines is 1. The molecule has 1 aromatic carbocycles. The number of benzene rings is 1. The second kappa shape index (κ2) is 9.22. The van der Waals surface area contributed by atoms with Crippen LogP contribution in [0.4, 0.5) is 5.82 Å². The Labute approximate surface area is 172 Å². The third-order valence-corrected chi connectivity index (χ3v) is 7.55. The van der Waals surface area contributed by atoms with Gasteiger partial charge < -0.3 is 4.90 Å². The van der Waals surface area contributed by atoms with E-state index in [1.807, 2.05) is 38.1 Å². The average molecular weight is 425 g/mol. The van der Waals surface area contributed by atoms with Gasteiger partial charge in [0.1, 0.15) is 43.8 Å². The second-order valence-electron chi connectivity index (χ2n) is 7.04. The Balaban J connectivity index is 1.60. The Morgan fingerprint density at radius 2 is 1.86 bits per heavy atom. The van der Waals surface area contributed by atoms with E-state index in [0.717, 1.165) is 43.6 Å². The third kappa shape index (κ3) is 4.84.